The molecule has 1 fully saturated rings. The van der Waals surface area contributed by atoms with Gasteiger partial charge >= 0.3 is 5.97 Å². The van der Waals surface area contributed by atoms with Crippen molar-refractivity contribution in [2.75, 3.05) is 20.2 Å². The second-order valence-electron chi connectivity index (χ2n) is 4.51. The van der Waals surface area contributed by atoms with Crippen LogP contribution in [0.4, 0.5) is 0 Å². The quantitative estimate of drug-likeness (QED) is 0.763. The maximum Gasteiger partial charge on any atom is 0.303 e. The first kappa shape index (κ1) is 14.0. The van der Waals surface area contributed by atoms with E-state index in [1.807, 2.05) is 0 Å². The first-order valence-corrected chi connectivity index (χ1v) is 6.17. The lowest BCUT2D eigenvalue weighted by Gasteiger charge is -2.24. The van der Waals surface area contributed by atoms with Crippen molar-refractivity contribution in [1.82, 2.24) is 4.90 Å². The Morgan fingerprint density at radius 1 is 1.41 bits per heavy atom. The van der Waals surface area contributed by atoms with E-state index in [0.29, 0.717) is 19.4 Å². The molecule has 1 unspecified atom stereocenters. The van der Waals surface area contributed by atoms with Crippen LogP contribution >= 0.6 is 0 Å². The Morgan fingerprint density at radius 2 is 2.18 bits per heavy atom. The summed E-state index contributed by atoms with van der Waals surface area (Å²) in [5.41, 5.74) is 0. The second kappa shape index (κ2) is 7.27. The predicted octanol–water partition coefficient (Wildman–Crippen LogP) is 1.27. The molecule has 1 saturated heterocycles. The SMILES string of the molecule is CN(CCCC(=O)O)C(=O)CC1CCCCO1. The van der Waals surface area contributed by atoms with Gasteiger partial charge in [0.25, 0.3) is 0 Å². The predicted molar refractivity (Wildman–Crippen MR) is 62.7 cm³/mol. The number of carbonyl (C=O) groups is 2. The Balaban J connectivity index is 2.18. The Morgan fingerprint density at radius 3 is 2.76 bits per heavy atom. The van der Waals surface area contributed by atoms with E-state index < -0.39 is 5.97 Å². The molecule has 5 nitrogen and oxygen atoms in total. The van der Waals surface area contributed by atoms with E-state index in [9.17, 15) is 9.59 Å². The fourth-order valence-corrected chi connectivity index (χ4v) is 1.91. The van der Waals surface area contributed by atoms with E-state index >= 15 is 0 Å². The number of hydrogen-bond donors (Lipinski definition) is 1. The van der Waals surface area contributed by atoms with Gasteiger partial charge in [-0.05, 0) is 25.7 Å². The Labute approximate surface area is 102 Å². The number of aliphatic carboxylic acids is 1. The Bertz CT molecular complexity index is 261. The Hall–Kier alpha value is -1.10. The zero-order chi connectivity index (χ0) is 12.7. The second-order valence-corrected chi connectivity index (χ2v) is 4.51. The molecule has 1 aliphatic rings. The van der Waals surface area contributed by atoms with Gasteiger partial charge in [-0.3, -0.25) is 9.59 Å². The summed E-state index contributed by atoms with van der Waals surface area (Å²) in [6, 6.07) is 0. The molecule has 1 atom stereocenters. The number of rotatable bonds is 6. The molecule has 0 aliphatic carbocycles. The van der Waals surface area contributed by atoms with Gasteiger partial charge in [0.05, 0.1) is 12.5 Å². The van der Waals surface area contributed by atoms with Crippen LogP contribution in [-0.2, 0) is 14.3 Å². The summed E-state index contributed by atoms with van der Waals surface area (Å²) in [5.74, 6) is -0.774. The standard InChI is InChI=1S/C12H21NO4/c1-13(7-4-6-12(15)16)11(14)9-10-5-2-3-8-17-10/h10H,2-9H2,1H3,(H,15,16). The van der Waals surface area contributed by atoms with Crippen LogP contribution in [0.15, 0.2) is 0 Å². The molecule has 0 radical (unpaired) electrons. The largest absolute Gasteiger partial charge is 0.481 e. The van der Waals surface area contributed by atoms with Crippen LogP contribution in [0, 0.1) is 0 Å². The molecular formula is C12H21NO4. The topological polar surface area (TPSA) is 66.8 Å². The first-order chi connectivity index (χ1) is 8.09. The smallest absolute Gasteiger partial charge is 0.303 e. The fourth-order valence-electron chi connectivity index (χ4n) is 1.91. The minimum absolute atomic E-state index is 0.0438. The van der Waals surface area contributed by atoms with Gasteiger partial charge < -0.3 is 14.7 Å². The van der Waals surface area contributed by atoms with E-state index in [-0.39, 0.29) is 18.4 Å². The van der Waals surface area contributed by atoms with E-state index in [4.69, 9.17) is 9.84 Å². The van der Waals surface area contributed by atoms with Gasteiger partial charge in [0.2, 0.25) is 5.91 Å². The summed E-state index contributed by atoms with van der Waals surface area (Å²) in [6.07, 6.45) is 4.25. The monoisotopic (exact) mass is 243 g/mol. The van der Waals surface area contributed by atoms with Crippen molar-refractivity contribution in [3.63, 3.8) is 0 Å². The molecule has 1 heterocycles. The number of ether oxygens (including phenoxy) is 1. The summed E-state index contributed by atoms with van der Waals surface area (Å²) < 4.78 is 5.50. The third kappa shape index (κ3) is 5.68. The van der Waals surface area contributed by atoms with Crippen molar-refractivity contribution < 1.29 is 19.4 Å². The average Bonchev–Trinajstić information content (AvgIpc) is 2.29. The van der Waals surface area contributed by atoms with Crippen molar-refractivity contribution in [3.8, 4) is 0 Å². The zero-order valence-electron chi connectivity index (χ0n) is 10.4. The molecule has 1 aliphatic heterocycles. The molecule has 0 aromatic heterocycles. The van der Waals surface area contributed by atoms with Gasteiger partial charge in [0, 0.05) is 26.6 Å². The lowest BCUT2D eigenvalue weighted by atomic mass is 10.1. The molecule has 1 amide bonds. The molecule has 0 spiro atoms. The van der Waals surface area contributed by atoms with Gasteiger partial charge in [-0.15, -0.1) is 0 Å². The molecule has 17 heavy (non-hydrogen) atoms. The van der Waals surface area contributed by atoms with Gasteiger partial charge in [0.15, 0.2) is 0 Å². The van der Waals surface area contributed by atoms with Crippen molar-refractivity contribution in [3.05, 3.63) is 0 Å². The van der Waals surface area contributed by atoms with Gasteiger partial charge in [0.1, 0.15) is 0 Å². The molecule has 0 saturated carbocycles. The summed E-state index contributed by atoms with van der Waals surface area (Å²) in [7, 11) is 1.72. The fraction of sp³-hybridized carbons (Fsp3) is 0.833. The maximum absolute atomic E-state index is 11.8. The highest BCUT2D eigenvalue weighted by molar-refractivity contribution is 5.76. The summed E-state index contributed by atoms with van der Waals surface area (Å²) in [6.45, 7) is 1.25. The number of carbonyl (C=O) groups excluding carboxylic acids is 1. The minimum Gasteiger partial charge on any atom is -0.481 e. The van der Waals surface area contributed by atoms with E-state index in [0.717, 1.165) is 25.9 Å². The highest BCUT2D eigenvalue weighted by Gasteiger charge is 2.19. The summed E-state index contributed by atoms with van der Waals surface area (Å²) >= 11 is 0. The number of carboxylic acid groups (broad SMARTS) is 1. The van der Waals surface area contributed by atoms with Crippen molar-refractivity contribution >= 4 is 11.9 Å². The molecule has 0 aromatic carbocycles. The molecule has 0 bridgehead atoms. The molecule has 1 N–H and O–H groups in total. The highest BCUT2D eigenvalue weighted by atomic mass is 16.5. The maximum atomic E-state index is 11.8. The third-order valence-electron chi connectivity index (χ3n) is 2.99. The lowest BCUT2D eigenvalue weighted by Crippen LogP contribution is -2.33. The van der Waals surface area contributed by atoms with E-state index in [1.165, 1.54) is 0 Å². The van der Waals surface area contributed by atoms with Crippen LogP contribution in [0.2, 0.25) is 0 Å². The van der Waals surface area contributed by atoms with Crippen LogP contribution in [0.3, 0.4) is 0 Å². The zero-order valence-corrected chi connectivity index (χ0v) is 10.4. The van der Waals surface area contributed by atoms with Crippen LogP contribution < -0.4 is 0 Å². The highest BCUT2D eigenvalue weighted by Crippen LogP contribution is 2.16. The van der Waals surface area contributed by atoms with Crippen molar-refractivity contribution in [1.29, 1.82) is 0 Å². The number of amides is 1. The normalized spacial score (nSPS) is 19.9. The average molecular weight is 243 g/mol. The summed E-state index contributed by atoms with van der Waals surface area (Å²) in [5, 5.41) is 8.50. The lowest BCUT2D eigenvalue weighted by molar-refractivity contribution is -0.138. The molecule has 1 rings (SSSR count). The molecule has 0 aromatic rings. The van der Waals surface area contributed by atoms with Crippen LogP contribution in [0.1, 0.15) is 38.5 Å². The van der Waals surface area contributed by atoms with Gasteiger partial charge in [-0.2, -0.15) is 0 Å². The third-order valence-corrected chi connectivity index (χ3v) is 2.99. The number of nitrogens with zero attached hydrogens (tertiary/aromatic N) is 1. The Kier molecular flexibility index (Phi) is 5.97. The molecule has 98 valence electrons. The van der Waals surface area contributed by atoms with Crippen LogP contribution in [0.25, 0.3) is 0 Å². The first-order valence-electron chi connectivity index (χ1n) is 6.17. The van der Waals surface area contributed by atoms with Crippen molar-refractivity contribution in [2.24, 2.45) is 0 Å². The number of hydrogen-bond acceptors (Lipinski definition) is 3. The van der Waals surface area contributed by atoms with Crippen LogP contribution in [0.5, 0.6) is 0 Å². The van der Waals surface area contributed by atoms with E-state index in [1.54, 1.807) is 11.9 Å². The van der Waals surface area contributed by atoms with Gasteiger partial charge in [-0.25, -0.2) is 0 Å². The van der Waals surface area contributed by atoms with Crippen molar-refractivity contribution in [2.45, 2.75) is 44.6 Å². The van der Waals surface area contributed by atoms with Crippen LogP contribution in [-0.4, -0.2) is 48.2 Å². The molecule has 5 heteroatoms. The number of carboxylic acids is 1. The van der Waals surface area contributed by atoms with Gasteiger partial charge in [-0.1, -0.05) is 0 Å². The van der Waals surface area contributed by atoms with E-state index in [2.05, 4.69) is 0 Å². The minimum atomic E-state index is -0.818. The summed E-state index contributed by atoms with van der Waals surface area (Å²) in [4.78, 5) is 23.7. The molecular weight excluding hydrogens is 222 g/mol.